The third-order valence-corrected chi connectivity index (χ3v) is 7.73. The number of hydrogen-bond donors (Lipinski definition) is 2. The molecule has 0 aromatic heterocycles. The molecule has 9 atom stereocenters. The van der Waals surface area contributed by atoms with E-state index in [-0.39, 0.29) is 18.4 Å². The number of esters is 2. The van der Waals surface area contributed by atoms with Gasteiger partial charge >= 0.3 is 11.9 Å². The molecule has 26 heavy (non-hydrogen) atoms. The molecule has 1 spiro atoms. The molecule has 0 radical (unpaired) electrons. The molecule has 0 aromatic rings. The Balaban J connectivity index is 1.70. The van der Waals surface area contributed by atoms with Crippen LogP contribution < -0.4 is 0 Å². The predicted molar refractivity (Wildman–Crippen MR) is 86.6 cm³/mol. The molecule has 7 heteroatoms. The van der Waals surface area contributed by atoms with E-state index >= 15 is 0 Å². The van der Waals surface area contributed by atoms with Gasteiger partial charge in [-0.15, -0.1) is 0 Å². The Morgan fingerprint density at radius 1 is 1.31 bits per heavy atom. The fourth-order valence-electron chi connectivity index (χ4n) is 6.39. The lowest BCUT2D eigenvalue weighted by Gasteiger charge is -2.55. The second-order valence-corrected chi connectivity index (χ2v) is 9.01. The Kier molecular flexibility index (Phi) is 3.02. The van der Waals surface area contributed by atoms with Gasteiger partial charge in [0.25, 0.3) is 0 Å². The van der Waals surface area contributed by atoms with Crippen LogP contribution in [0.15, 0.2) is 11.6 Å². The summed E-state index contributed by atoms with van der Waals surface area (Å²) in [6.45, 7) is 5.50. The first-order chi connectivity index (χ1) is 12.2. The van der Waals surface area contributed by atoms with E-state index in [0.29, 0.717) is 12.8 Å². The molecule has 0 aromatic carbocycles. The third kappa shape index (κ3) is 1.58. The molecule has 0 unspecified atom stereocenters. The van der Waals surface area contributed by atoms with Gasteiger partial charge in [-0.3, -0.25) is 4.79 Å². The van der Waals surface area contributed by atoms with Gasteiger partial charge < -0.3 is 24.4 Å². The van der Waals surface area contributed by atoms with Crippen molar-refractivity contribution < 1.29 is 34.0 Å². The van der Waals surface area contributed by atoms with Gasteiger partial charge in [-0.2, -0.15) is 0 Å². The van der Waals surface area contributed by atoms with Gasteiger partial charge in [0.05, 0.1) is 11.5 Å². The number of aliphatic hydroxyl groups excluding tert-OH is 2. The Morgan fingerprint density at radius 2 is 2.04 bits per heavy atom. The van der Waals surface area contributed by atoms with Crippen molar-refractivity contribution >= 4 is 11.9 Å². The van der Waals surface area contributed by atoms with E-state index in [0.717, 1.165) is 5.57 Å². The van der Waals surface area contributed by atoms with Crippen molar-refractivity contribution in [1.29, 1.82) is 0 Å². The largest absolute Gasteiger partial charge is 0.459 e. The summed E-state index contributed by atoms with van der Waals surface area (Å²) >= 11 is 0. The van der Waals surface area contributed by atoms with E-state index in [9.17, 15) is 19.8 Å². The lowest BCUT2D eigenvalue weighted by Crippen LogP contribution is -2.63. The Morgan fingerprint density at radius 3 is 2.73 bits per heavy atom. The summed E-state index contributed by atoms with van der Waals surface area (Å²) in [5.41, 5.74) is -1.50. The second kappa shape index (κ2) is 4.69. The fourth-order valence-corrected chi connectivity index (χ4v) is 6.39. The molecule has 142 valence electrons. The zero-order chi connectivity index (χ0) is 18.6. The highest BCUT2D eigenvalue weighted by atomic mass is 16.7. The monoisotopic (exact) mass is 364 g/mol. The summed E-state index contributed by atoms with van der Waals surface area (Å²) in [5.74, 6) is -1.39. The molecule has 5 rings (SSSR count). The third-order valence-electron chi connectivity index (χ3n) is 7.73. The van der Waals surface area contributed by atoms with Crippen molar-refractivity contribution in [3.8, 4) is 0 Å². The molecule has 7 nitrogen and oxygen atoms in total. The van der Waals surface area contributed by atoms with Gasteiger partial charge in [0.15, 0.2) is 5.60 Å². The van der Waals surface area contributed by atoms with Crippen LogP contribution in [-0.2, 0) is 23.8 Å². The van der Waals surface area contributed by atoms with E-state index in [2.05, 4.69) is 0 Å². The van der Waals surface area contributed by atoms with Gasteiger partial charge in [-0.25, -0.2) is 4.79 Å². The molecule has 2 aliphatic carbocycles. The number of rotatable bonds is 2. The van der Waals surface area contributed by atoms with Crippen LogP contribution in [0, 0.1) is 22.7 Å². The van der Waals surface area contributed by atoms with Crippen molar-refractivity contribution in [1.82, 2.24) is 0 Å². The summed E-state index contributed by atoms with van der Waals surface area (Å²) in [5, 5.41) is 20.3. The van der Waals surface area contributed by atoms with Crippen LogP contribution in [0.5, 0.6) is 0 Å². The topological polar surface area (TPSA) is 106 Å². The highest BCUT2D eigenvalue weighted by molar-refractivity contribution is 5.87. The average Bonchev–Trinajstić information content (AvgIpc) is 3.27. The van der Waals surface area contributed by atoms with E-state index < -0.39 is 52.8 Å². The Labute approximate surface area is 151 Å². The number of carbonyl (C=O) groups excluding carboxylic acids is 2. The standard InChI is InChI=1S/C19H24O7/c1-8(7-20)14-19-9(6-11(22)24-14)17(2)5-4-10(21)18(3)13(17)12(15(19)26-19)25-16(18)23/h6,8,10,12-15,20-21H,4-5,7H2,1-3H3/t8-,10+,12+,13-,14-,15-,17-,18+,19-/m1/s1. The minimum atomic E-state index is -1.00. The van der Waals surface area contributed by atoms with Gasteiger partial charge in [-0.1, -0.05) is 13.8 Å². The van der Waals surface area contributed by atoms with Gasteiger partial charge in [0.1, 0.15) is 18.3 Å². The second-order valence-electron chi connectivity index (χ2n) is 9.01. The maximum Gasteiger partial charge on any atom is 0.331 e. The van der Waals surface area contributed by atoms with E-state index in [1.165, 1.54) is 6.08 Å². The van der Waals surface area contributed by atoms with Crippen LogP contribution in [0.4, 0.5) is 0 Å². The lowest BCUT2D eigenvalue weighted by atomic mass is 9.46. The number of aliphatic hydroxyl groups is 2. The van der Waals surface area contributed by atoms with Gasteiger partial charge in [-0.05, 0) is 30.8 Å². The number of cyclic esters (lactones) is 1. The van der Waals surface area contributed by atoms with Crippen molar-refractivity contribution in [2.24, 2.45) is 22.7 Å². The number of ether oxygens (including phenoxy) is 3. The highest BCUT2D eigenvalue weighted by Crippen LogP contribution is 2.72. The number of fused-ring (bicyclic) bond motifs is 2. The molecular weight excluding hydrogens is 340 g/mol. The number of epoxide rings is 1. The number of carbonyl (C=O) groups is 2. The van der Waals surface area contributed by atoms with Crippen LogP contribution in [0.3, 0.4) is 0 Å². The Bertz CT molecular complexity index is 746. The predicted octanol–water partition coefficient (Wildman–Crippen LogP) is 0.327. The highest BCUT2D eigenvalue weighted by Gasteiger charge is 2.84. The van der Waals surface area contributed by atoms with Crippen LogP contribution in [0.1, 0.15) is 33.6 Å². The quantitative estimate of drug-likeness (QED) is 0.537. The van der Waals surface area contributed by atoms with E-state index in [1.54, 1.807) is 6.92 Å². The van der Waals surface area contributed by atoms with Gasteiger partial charge in [0, 0.05) is 24.5 Å². The lowest BCUT2D eigenvalue weighted by molar-refractivity contribution is -0.158. The minimum absolute atomic E-state index is 0.135. The molecule has 5 aliphatic rings. The molecule has 2 saturated carbocycles. The Hall–Kier alpha value is -1.44. The van der Waals surface area contributed by atoms with Crippen LogP contribution >= 0.6 is 0 Å². The first-order valence-corrected chi connectivity index (χ1v) is 9.32. The maximum absolute atomic E-state index is 12.7. The number of hydrogen-bond acceptors (Lipinski definition) is 7. The molecule has 0 amide bonds. The minimum Gasteiger partial charge on any atom is -0.459 e. The normalized spacial score (nSPS) is 55.0. The van der Waals surface area contributed by atoms with E-state index in [1.807, 2.05) is 13.8 Å². The van der Waals surface area contributed by atoms with Crippen molar-refractivity contribution in [2.45, 2.75) is 63.6 Å². The van der Waals surface area contributed by atoms with Crippen molar-refractivity contribution in [2.75, 3.05) is 6.61 Å². The summed E-state index contributed by atoms with van der Waals surface area (Å²) in [6, 6.07) is 0. The molecule has 2 saturated heterocycles. The first-order valence-electron chi connectivity index (χ1n) is 9.32. The summed E-state index contributed by atoms with van der Waals surface area (Å²) in [7, 11) is 0. The zero-order valence-corrected chi connectivity index (χ0v) is 15.1. The van der Waals surface area contributed by atoms with E-state index in [4.69, 9.17) is 14.2 Å². The maximum atomic E-state index is 12.7. The molecule has 4 fully saturated rings. The summed E-state index contributed by atoms with van der Waals surface area (Å²) < 4.78 is 17.5. The van der Waals surface area contributed by atoms with Crippen LogP contribution in [-0.4, -0.2) is 58.8 Å². The van der Waals surface area contributed by atoms with Gasteiger partial charge in [0.2, 0.25) is 0 Å². The molecule has 3 heterocycles. The molecular formula is C19H24O7. The van der Waals surface area contributed by atoms with Crippen molar-refractivity contribution in [3.05, 3.63) is 11.6 Å². The fraction of sp³-hybridized carbons (Fsp3) is 0.789. The molecule has 2 N–H and O–H groups in total. The first kappa shape index (κ1) is 16.7. The van der Waals surface area contributed by atoms with Crippen molar-refractivity contribution in [3.63, 3.8) is 0 Å². The van der Waals surface area contributed by atoms with Crippen LogP contribution in [0.2, 0.25) is 0 Å². The van der Waals surface area contributed by atoms with Crippen LogP contribution in [0.25, 0.3) is 0 Å². The summed E-state index contributed by atoms with van der Waals surface area (Å²) in [4.78, 5) is 25.1. The zero-order valence-electron chi connectivity index (χ0n) is 15.1. The summed E-state index contributed by atoms with van der Waals surface area (Å²) in [6.07, 6.45) is 0.340. The SMILES string of the molecule is C[C@H](CO)[C@H]1OC(=O)C=C2[C@@]13O[C@@H]3[C@H]1OC(=O)[C@@]3(C)[C@@H](O)CC[C@@]2(C)[C@@H]13. The average molecular weight is 364 g/mol. The smallest absolute Gasteiger partial charge is 0.331 e. The molecule has 3 aliphatic heterocycles. The molecule has 0 bridgehead atoms.